The molecule has 9 nitrogen and oxygen atoms in total. The number of anilines is 1. The van der Waals surface area contributed by atoms with E-state index in [0.29, 0.717) is 18.0 Å². The fourth-order valence-electron chi connectivity index (χ4n) is 2.29. The first-order chi connectivity index (χ1) is 13.0. The number of hydrogen-bond donors (Lipinski definition) is 1. The highest BCUT2D eigenvalue weighted by Crippen LogP contribution is 2.16. The van der Waals surface area contributed by atoms with E-state index >= 15 is 0 Å². The molecule has 1 amide bonds. The third-order valence-corrected chi connectivity index (χ3v) is 3.59. The van der Waals surface area contributed by atoms with Crippen LogP contribution in [0.3, 0.4) is 0 Å². The Labute approximate surface area is 155 Å². The summed E-state index contributed by atoms with van der Waals surface area (Å²) in [4.78, 5) is 23.4. The van der Waals surface area contributed by atoms with Crippen molar-refractivity contribution in [2.45, 2.75) is 13.5 Å². The number of carbonyl (C=O) groups excluding carboxylic acids is 1. The van der Waals surface area contributed by atoms with Crippen LogP contribution in [0.5, 0.6) is 5.75 Å². The van der Waals surface area contributed by atoms with Gasteiger partial charge in [0.05, 0.1) is 19.0 Å². The van der Waals surface area contributed by atoms with E-state index in [9.17, 15) is 9.59 Å². The number of aromatic nitrogens is 4. The first-order valence-corrected chi connectivity index (χ1v) is 8.29. The van der Waals surface area contributed by atoms with Crippen molar-refractivity contribution < 1.29 is 14.3 Å². The zero-order valence-corrected chi connectivity index (χ0v) is 15.0. The average Bonchev–Trinajstić information content (AvgIpc) is 3.09. The third kappa shape index (κ3) is 4.72. The molecule has 0 bridgehead atoms. The van der Waals surface area contributed by atoms with Crippen LogP contribution >= 0.6 is 0 Å². The second-order valence-corrected chi connectivity index (χ2v) is 5.60. The molecule has 1 aromatic carbocycles. The van der Waals surface area contributed by atoms with E-state index in [-0.39, 0.29) is 17.7 Å². The number of benzene rings is 1. The molecule has 0 atom stereocenters. The Bertz CT molecular complexity index is 978. The molecule has 0 aliphatic carbocycles. The Morgan fingerprint density at radius 1 is 1.22 bits per heavy atom. The zero-order valence-electron chi connectivity index (χ0n) is 15.0. The van der Waals surface area contributed by atoms with Gasteiger partial charge in [0.25, 0.3) is 0 Å². The fourth-order valence-corrected chi connectivity index (χ4v) is 2.29. The Morgan fingerprint density at radius 2 is 2.00 bits per heavy atom. The second kappa shape index (κ2) is 8.17. The molecular formula is C18H19N5O4. The van der Waals surface area contributed by atoms with Gasteiger partial charge < -0.3 is 9.47 Å². The van der Waals surface area contributed by atoms with Crippen molar-refractivity contribution in [3.63, 3.8) is 0 Å². The maximum atomic E-state index is 12.0. The predicted octanol–water partition coefficient (Wildman–Crippen LogP) is 2.11. The van der Waals surface area contributed by atoms with Crippen molar-refractivity contribution in [2.75, 3.05) is 11.9 Å². The van der Waals surface area contributed by atoms with E-state index in [0.717, 1.165) is 5.69 Å². The van der Waals surface area contributed by atoms with E-state index < -0.39 is 6.09 Å². The minimum atomic E-state index is -0.518. The van der Waals surface area contributed by atoms with Gasteiger partial charge in [0.1, 0.15) is 23.7 Å². The van der Waals surface area contributed by atoms with E-state index in [1.54, 1.807) is 66.2 Å². The monoisotopic (exact) mass is 369 g/mol. The quantitative estimate of drug-likeness (QED) is 0.714. The molecule has 140 valence electrons. The summed E-state index contributed by atoms with van der Waals surface area (Å²) >= 11 is 0. The number of amides is 1. The van der Waals surface area contributed by atoms with Crippen LogP contribution in [0.25, 0.3) is 5.69 Å². The molecule has 0 saturated carbocycles. The van der Waals surface area contributed by atoms with Crippen molar-refractivity contribution in [2.24, 2.45) is 7.05 Å². The summed E-state index contributed by atoms with van der Waals surface area (Å²) in [7, 11) is 1.80. The molecule has 2 aromatic heterocycles. The van der Waals surface area contributed by atoms with E-state index in [1.807, 2.05) is 0 Å². The van der Waals surface area contributed by atoms with Gasteiger partial charge in [-0.05, 0) is 31.2 Å². The SMILES string of the molecule is CCOC(=O)Nc1ccc(OCc2nn(-c3cnn(C)c3)ccc2=O)cc1. The summed E-state index contributed by atoms with van der Waals surface area (Å²) in [6.45, 7) is 2.05. The smallest absolute Gasteiger partial charge is 0.411 e. The zero-order chi connectivity index (χ0) is 19.2. The number of carbonyl (C=O) groups is 1. The molecule has 3 rings (SSSR count). The van der Waals surface area contributed by atoms with Crippen LogP contribution in [0.2, 0.25) is 0 Å². The largest absolute Gasteiger partial charge is 0.487 e. The lowest BCUT2D eigenvalue weighted by Gasteiger charge is -2.09. The number of nitrogens with zero attached hydrogens (tertiary/aromatic N) is 4. The number of nitrogens with one attached hydrogen (secondary N) is 1. The predicted molar refractivity (Wildman–Crippen MR) is 98.0 cm³/mol. The van der Waals surface area contributed by atoms with Crippen molar-refractivity contribution in [1.82, 2.24) is 19.6 Å². The molecule has 0 unspecified atom stereocenters. The Hall–Kier alpha value is -3.62. The number of hydrogen-bond acceptors (Lipinski definition) is 6. The van der Waals surface area contributed by atoms with Crippen LogP contribution < -0.4 is 15.5 Å². The highest BCUT2D eigenvalue weighted by Gasteiger charge is 2.07. The summed E-state index contributed by atoms with van der Waals surface area (Å²) in [5.74, 6) is 0.544. The number of ether oxygens (including phenoxy) is 2. The first kappa shape index (κ1) is 18.2. The summed E-state index contributed by atoms with van der Waals surface area (Å²) < 4.78 is 13.7. The Morgan fingerprint density at radius 3 is 2.67 bits per heavy atom. The van der Waals surface area contributed by atoms with Gasteiger partial charge >= 0.3 is 6.09 Å². The molecule has 1 N–H and O–H groups in total. The highest BCUT2D eigenvalue weighted by molar-refractivity contribution is 5.84. The van der Waals surface area contributed by atoms with Crippen molar-refractivity contribution >= 4 is 11.8 Å². The standard InChI is InChI=1S/C18H19N5O4/c1-3-26-18(25)20-13-4-6-15(7-5-13)27-12-16-17(24)8-9-23(21-16)14-10-19-22(2)11-14/h4-11H,3,12H2,1-2H3,(H,20,25). The van der Waals surface area contributed by atoms with Crippen molar-refractivity contribution in [3.05, 3.63) is 64.8 Å². The van der Waals surface area contributed by atoms with Gasteiger partial charge in [-0.3, -0.25) is 14.8 Å². The molecule has 0 fully saturated rings. The van der Waals surface area contributed by atoms with Crippen LogP contribution in [0.4, 0.5) is 10.5 Å². The molecular weight excluding hydrogens is 350 g/mol. The van der Waals surface area contributed by atoms with Gasteiger partial charge in [-0.15, -0.1) is 0 Å². The first-order valence-electron chi connectivity index (χ1n) is 8.29. The minimum Gasteiger partial charge on any atom is -0.487 e. The lowest BCUT2D eigenvalue weighted by atomic mass is 10.3. The van der Waals surface area contributed by atoms with Gasteiger partial charge in [-0.1, -0.05) is 0 Å². The summed E-state index contributed by atoms with van der Waals surface area (Å²) in [5, 5.41) is 11.0. The van der Waals surface area contributed by atoms with Crippen LogP contribution in [0.1, 0.15) is 12.6 Å². The number of rotatable bonds is 6. The molecule has 0 radical (unpaired) electrons. The average molecular weight is 369 g/mol. The third-order valence-electron chi connectivity index (χ3n) is 3.59. The summed E-state index contributed by atoms with van der Waals surface area (Å²) in [5.41, 5.74) is 1.39. The van der Waals surface area contributed by atoms with E-state index in [1.165, 1.54) is 6.07 Å². The van der Waals surface area contributed by atoms with Gasteiger partial charge in [-0.25, -0.2) is 9.48 Å². The molecule has 3 aromatic rings. The van der Waals surface area contributed by atoms with Gasteiger partial charge in [0.2, 0.25) is 5.43 Å². The van der Waals surface area contributed by atoms with Crippen LogP contribution in [-0.4, -0.2) is 32.3 Å². The van der Waals surface area contributed by atoms with E-state index in [4.69, 9.17) is 9.47 Å². The second-order valence-electron chi connectivity index (χ2n) is 5.60. The maximum Gasteiger partial charge on any atom is 0.411 e. The molecule has 0 spiro atoms. The van der Waals surface area contributed by atoms with Gasteiger partial charge in [0.15, 0.2) is 0 Å². The van der Waals surface area contributed by atoms with E-state index in [2.05, 4.69) is 15.5 Å². The van der Waals surface area contributed by atoms with Crippen LogP contribution in [-0.2, 0) is 18.4 Å². The molecule has 0 saturated heterocycles. The van der Waals surface area contributed by atoms with Gasteiger partial charge in [0, 0.05) is 25.0 Å². The highest BCUT2D eigenvalue weighted by atomic mass is 16.5. The number of aryl methyl sites for hydroxylation is 1. The molecule has 27 heavy (non-hydrogen) atoms. The summed E-state index contributed by atoms with van der Waals surface area (Å²) in [6, 6.07) is 8.16. The Balaban J connectivity index is 1.66. The normalized spacial score (nSPS) is 10.4. The molecule has 0 aliphatic heterocycles. The molecule has 2 heterocycles. The Kier molecular flexibility index (Phi) is 5.50. The lowest BCUT2D eigenvalue weighted by molar-refractivity contribution is 0.168. The topological polar surface area (TPSA) is 100 Å². The fraction of sp³-hybridized carbons (Fsp3) is 0.222. The molecule has 9 heteroatoms. The summed E-state index contributed by atoms with van der Waals surface area (Å²) in [6.07, 6.45) is 4.50. The minimum absolute atomic E-state index is 0.0184. The van der Waals surface area contributed by atoms with Gasteiger partial charge in [-0.2, -0.15) is 10.2 Å². The van der Waals surface area contributed by atoms with Crippen molar-refractivity contribution in [1.29, 1.82) is 0 Å². The lowest BCUT2D eigenvalue weighted by Crippen LogP contribution is -2.17. The van der Waals surface area contributed by atoms with Crippen LogP contribution in [0.15, 0.2) is 53.7 Å². The van der Waals surface area contributed by atoms with Crippen LogP contribution in [0, 0.1) is 0 Å². The van der Waals surface area contributed by atoms with Crippen molar-refractivity contribution in [3.8, 4) is 11.4 Å². The molecule has 0 aliphatic rings. The maximum absolute atomic E-state index is 12.0.